The zero-order valence-electron chi connectivity index (χ0n) is 18.5. The molecule has 1 atom stereocenters. The molecule has 0 bridgehead atoms. The Morgan fingerprint density at radius 3 is 2.23 bits per heavy atom. The van der Waals surface area contributed by atoms with Crippen molar-refractivity contribution in [3.05, 3.63) is 65.2 Å². The average molecular weight is 407 g/mol. The molecule has 30 heavy (non-hydrogen) atoms. The Morgan fingerprint density at radius 2 is 1.60 bits per heavy atom. The molecule has 1 aliphatic heterocycles. The highest BCUT2D eigenvalue weighted by Gasteiger charge is 2.19. The van der Waals surface area contributed by atoms with E-state index in [-0.39, 0.29) is 17.7 Å². The number of carbonyl (C=O) groups excluding carboxylic acids is 2. The van der Waals surface area contributed by atoms with E-state index in [1.807, 2.05) is 42.2 Å². The molecule has 1 heterocycles. The van der Waals surface area contributed by atoms with Crippen LogP contribution in [0, 0.1) is 5.92 Å². The Labute approximate surface area is 180 Å². The number of likely N-dealkylation sites (tertiary alicyclic amines) is 1. The summed E-state index contributed by atoms with van der Waals surface area (Å²) in [4.78, 5) is 27.6. The highest BCUT2D eigenvalue weighted by molar-refractivity contribution is 5.98. The van der Waals surface area contributed by atoms with Crippen molar-refractivity contribution in [3.63, 3.8) is 0 Å². The molecule has 0 radical (unpaired) electrons. The van der Waals surface area contributed by atoms with Crippen molar-refractivity contribution < 1.29 is 9.59 Å². The second kappa shape index (κ2) is 10.4. The minimum absolute atomic E-state index is 0.0572. The van der Waals surface area contributed by atoms with E-state index in [9.17, 15) is 9.59 Å². The maximum absolute atomic E-state index is 12.9. The molecule has 1 saturated heterocycles. The Morgan fingerprint density at radius 1 is 0.933 bits per heavy atom. The first-order chi connectivity index (χ1) is 14.4. The molecular weight excluding hydrogens is 372 g/mol. The Hall–Kier alpha value is -2.62. The van der Waals surface area contributed by atoms with Gasteiger partial charge in [-0.1, -0.05) is 57.0 Å². The topological polar surface area (TPSA) is 49.4 Å². The van der Waals surface area contributed by atoms with Crippen LogP contribution in [0.2, 0.25) is 0 Å². The van der Waals surface area contributed by atoms with E-state index in [1.165, 1.54) is 18.4 Å². The van der Waals surface area contributed by atoms with Crippen molar-refractivity contribution in [2.75, 3.05) is 18.4 Å². The van der Waals surface area contributed by atoms with Crippen LogP contribution in [-0.4, -0.2) is 29.8 Å². The van der Waals surface area contributed by atoms with Gasteiger partial charge in [0.2, 0.25) is 5.91 Å². The standard InChI is InChI=1S/C26H34N2O2/c1-19(2)17-21-11-13-22(14-12-21)20(3)25(29)27-24-10-8-9-23(18-24)26(30)28-15-6-4-5-7-16-28/h8-14,18-20H,4-7,15-17H2,1-3H3,(H,27,29). The van der Waals surface area contributed by atoms with E-state index < -0.39 is 0 Å². The Kier molecular flexibility index (Phi) is 7.67. The lowest BCUT2D eigenvalue weighted by molar-refractivity contribution is -0.117. The van der Waals surface area contributed by atoms with Crippen LogP contribution in [0.25, 0.3) is 0 Å². The average Bonchev–Trinajstić information content (AvgIpc) is 3.02. The fourth-order valence-electron chi connectivity index (χ4n) is 4.00. The fourth-order valence-corrected chi connectivity index (χ4v) is 4.00. The van der Waals surface area contributed by atoms with Gasteiger partial charge >= 0.3 is 0 Å². The van der Waals surface area contributed by atoms with E-state index in [0.29, 0.717) is 17.2 Å². The predicted molar refractivity (Wildman–Crippen MR) is 123 cm³/mol. The summed E-state index contributed by atoms with van der Waals surface area (Å²) in [6.45, 7) is 7.96. The number of amides is 2. The number of rotatable bonds is 6. The molecule has 0 spiro atoms. The van der Waals surface area contributed by atoms with Crippen molar-refractivity contribution in [1.29, 1.82) is 0 Å². The lowest BCUT2D eigenvalue weighted by Crippen LogP contribution is -2.31. The van der Waals surface area contributed by atoms with Gasteiger partial charge in [-0.3, -0.25) is 9.59 Å². The number of benzene rings is 2. The summed E-state index contributed by atoms with van der Waals surface area (Å²) >= 11 is 0. The van der Waals surface area contributed by atoms with Crippen molar-refractivity contribution >= 4 is 17.5 Å². The van der Waals surface area contributed by atoms with Gasteiger partial charge in [0.25, 0.3) is 5.91 Å². The van der Waals surface area contributed by atoms with Gasteiger partial charge in [0.05, 0.1) is 5.92 Å². The predicted octanol–water partition coefficient (Wildman–Crippen LogP) is 5.64. The van der Waals surface area contributed by atoms with Gasteiger partial charge in [0.15, 0.2) is 0 Å². The van der Waals surface area contributed by atoms with Crippen molar-refractivity contribution in [3.8, 4) is 0 Å². The monoisotopic (exact) mass is 406 g/mol. The van der Waals surface area contributed by atoms with Crippen LogP contribution >= 0.6 is 0 Å². The van der Waals surface area contributed by atoms with Crippen molar-refractivity contribution in [2.24, 2.45) is 5.92 Å². The quantitative estimate of drug-likeness (QED) is 0.674. The maximum Gasteiger partial charge on any atom is 0.253 e. The third-order valence-corrected chi connectivity index (χ3v) is 5.79. The first-order valence-corrected chi connectivity index (χ1v) is 11.2. The zero-order valence-corrected chi connectivity index (χ0v) is 18.5. The van der Waals surface area contributed by atoms with E-state index in [4.69, 9.17) is 0 Å². The van der Waals surface area contributed by atoms with Crippen LogP contribution in [-0.2, 0) is 11.2 Å². The number of nitrogens with one attached hydrogen (secondary N) is 1. The third kappa shape index (κ3) is 5.94. The van der Waals surface area contributed by atoms with Gasteiger partial charge < -0.3 is 10.2 Å². The van der Waals surface area contributed by atoms with Gasteiger partial charge in [0, 0.05) is 24.3 Å². The van der Waals surface area contributed by atoms with Gasteiger partial charge in [-0.25, -0.2) is 0 Å². The van der Waals surface area contributed by atoms with Crippen molar-refractivity contribution in [1.82, 2.24) is 4.90 Å². The number of nitrogens with zero attached hydrogens (tertiary/aromatic N) is 1. The summed E-state index contributed by atoms with van der Waals surface area (Å²) in [5, 5.41) is 2.99. The maximum atomic E-state index is 12.9. The number of hydrogen-bond donors (Lipinski definition) is 1. The first-order valence-electron chi connectivity index (χ1n) is 11.2. The highest BCUT2D eigenvalue weighted by Crippen LogP contribution is 2.21. The molecule has 2 amide bonds. The normalized spacial score (nSPS) is 15.5. The number of hydrogen-bond acceptors (Lipinski definition) is 2. The Bertz CT molecular complexity index is 850. The van der Waals surface area contributed by atoms with Crippen LogP contribution in [0.5, 0.6) is 0 Å². The number of anilines is 1. The van der Waals surface area contributed by atoms with E-state index in [1.54, 1.807) is 6.07 Å². The lowest BCUT2D eigenvalue weighted by atomic mass is 9.96. The molecule has 1 N–H and O–H groups in total. The molecule has 160 valence electrons. The molecule has 3 rings (SSSR count). The Balaban J connectivity index is 1.64. The SMILES string of the molecule is CC(C)Cc1ccc(C(C)C(=O)Nc2cccc(C(=O)N3CCCCCC3)c2)cc1. The van der Waals surface area contributed by atoms with Gasteiger partial charge in [-0.15, -0.1) is 0 Å². The van der Waals surface area contributed by atoms with Crippen LogP contribution in [0.1, 0.15) is 73.9 Å². The van der Waals surface area contributed by atoms with E-state index >= 15 is 0 Å². The minimum Gasteiger partial charge on any atom is -0.339 e. The van der Waals surface area contributed by atoms with Gasteiger partial charge in [0.1, 0.15) is 0 Å². The third-order valence-electron chi connectivity index (χ3n) is 5.79. The van der Waals surface area contributed by atoms with Gasteiger partial charge in [-0.2, -0.15) is 0 Å². The summed E-state index contributed by atoms with van der Waals surface area (Å²) in [6.07, 6.45) is 5.55. The van der Waals surface area contributed by atoms with Crippen LogP contribution in [0.15, 0.2) is 48.5 Å². The fraction of sp³-hybridized carbons (Fsp3) is 0.462. The number of carbonyl (C=O) groups is 2. The second-order valence-electron chi connectivity index (χ2n) is 8.84. The summed E-state index contributed by atoms with van der Waals surface area (Å²) < 4.78 is 0. The molecule has 0 saturated carbocycles. The molecule has 1 unspecified atom stereocenters. The highest BCUT2D eigenvalue weighted by atomic mass is 16.2. The summed E-state index contributed by atoms with van der Waals surface area (Å²) in [7, 11) is 0. The molecular formula is C26H34N2O2. The molecule has 4 heteroatoms. The second-order valence-corrected chi connectivity index (χ2v) is 8.84. The summed E-state index contributed by atoms with van der Waals surface area (Å²) in [5.41, 5.74) is 3.60. The van der Waals surface area contributed by atoms with Gasteiger partial charge in [-0.05, 0) is 61.4 Å². The van der Waals surface area contributed by atoms with E-state index in [0.717, 1.165) is 37.9 Å². The molecule has 2 aromatic carbocycles. The molecule has 1 aliphatic rings. The van der Waals surface area contributed by atoms with Crippen LogP contribution in [0.4, 0.5) is 5.69 Å². The summed E-state index contributed by atoms with van der Waals surface area (Å²) in [5.74, 6) is 0.344. The zero-order chi connectivity index (χ0) is 21.5. The molecule has 0 aliphatic carbocycles. The van der Waals surface area contributed by atoms with E-state index in [2.05, 4.69) is 31.3 Å². The lowest BCUT2D eigenvalue weighted by Gasteiger charge is -2.21. The smallest absolute Gasteiger partial charge is 0.253 e. The first kappa shape index (κ1) is 22.1. The minimum atomic E-state index is -0.261. The van der Waals surface area contributed by atoms with Crippen LogP contribution < -0.4 is 5.32 Å². The molecule has 0 aromatic heterocycles. The molecule has 4 nitrogen and oxygen atoms in total. The molecule has 2 aromatic rings. The molecule has 1 fully saturated rings. The van der Waals surface area contributed by atoms with Crippen molar-refractivity contribution in [2.45, 2.75) is 58.8 Å². The summed E-state index contributed by atoms with van der Waals surface area (Å²) in [6, 6.07) is 15.6. The van der Waals surface area contributed by atoms with Crippen LogP contribution in [0.3, 0.4) is 0 Å². The largest absolute Gasteiger partial charge is 0.339 e.